The topological polar surface area (TPSA) is 78.4 Å². The highest BCUT2D eigenvalue weighted by atomic mass is 16.4. The summed E-state index contributed by atoms with van der Waals surface area (Å²) in [5.41, 5.74) is -0.478. The lowest BCUT2D eigenvalue weighted by Gasteiger charge is -2.32. The molecular formula is C13H22N2O3. The van der Waals surface area contributed by atoms with E-state index < -0.39 is 11.5 Å². The molecule has 0 bridgehead atoms. The van der Waals surface area contributed by atoms with E-state index in [-0.39, 0.29) is 18.2 Å². The summed E-state index contributed by atoms with van der Waals surface area (Å²) >= 11 is 0. The van der Waals surface area contributed by atoms with Crippen molar-refractivity contribution >= 4 is 11.9 Å². The van der Waals surface area contributed by atoms with Gasteiger partial charge in [0.2, 0.25) is 5.91 Å². The Morgan fingerprint density at radius 1 is 1.22 bits per heavy atom. The fraction of sp³-hybridized carbons (Fsp3) is 0.846. The zero-order valence-electron chi connectivity index (χ0n) is 10.7. The molecule has 1 aliphatic carbocycles. The van der Waals surface area contributed by atoms with Gasteiger partial charge in [-0.15, -0.1) is 0 Å². The molecule has 1 saturated heterocycles. The lowest BCUT2D eigenvalue weighted by atomic mass is 9.90. The van der Waals surface area contributed by atoms with Gasteiger partial charge < -0.3 is 15.7 Å². The number of rotatable bonds is 4. The fourth-order valence-corrected chi connectivity index (χ4v) is 3.13. The summed E-state index contributed by atoms with van der Waals surface area (Å²) < 4.78 is 0. The first kappa shape index (κ1) is 13.3. The number of aliphatic carboxylic acids is 1. The molecule has 5 heteroatoms. The molecule has 102 valence electrons. The van der Waals surface area contributed by atoms with E-state index in [0.717, 1.165) is 51.6 Å². The first-order chi connectivity index (χ1) is 8.61. The smallest absolute Gasteiger partial charge is 0.305 e. The third kappa shape index (κ3) is 3.22. The van der Waals surface area contributed by atoms with Gasteiger partial charge in [-0.3, -0.25) is 9.59 Å². The first-order valence-electron chi connectivity index (χ1n) is 6.86. The molecule has 1 saturated carbocycles. The van der Waals surface area contributed by atoms with Gasteiger partial charge in [0.25, 0.3) is 0 Å². The van der Waals surface area contributed by atoms with Gasteiger partial charge >= 0.3 is 5.97 Å². The monoisotopic (exact) mass is 254 g/mol. The first-order valence-corrected chi connectivity index (χ1v) is 6.86. The Morgan fingerprint density at radius 3 is 2.39 bits per heavy atom. The molecule has 1 aliphatic heterocycles. The second kappa shape index (κ2) is 5.69. The quantitative estimate of drug-likeness (QED) is 0.696. The number of amides is 1. The van der Waals surface area contributed by atoms with Crippen molar-refractivity contribution in [1.29, 1.82) is 0 Å². The molecule has 1 amide bonds. The molecule has 2 aliphatic rings. The zero-order chi connectivity index (χ0) is 13.0. The van der Waals surface area contributed by atoms with E-state index in [9.17, 15) is 9.59 Å². The van der Waals surface area contributed by atoms with Gasteiger partial charge in [-0.2, -0.15) is 0 Å². The van der Waals surface area contributed by atoms with Crippen molar-refractivity contribution in [2.24, 2.45) is 5.92 Å². The van der Waals surface area contributed by atoms with Crippen LogP contribution in [0.1, 0.15) is 44.9 Å². The van der Waals surface area contributed by atoms with Gasteiger partial charge in [0.05, 0.1) is 12.0 Å². The minimum absolute atomic E-state index is 0.0533. The summed E-state index contributed by atoms with van der Waals surface area (Å²) in [4.78, 5) is 23.2. The average molecular weight is 254 g/mol. The van der Waals surface area contributed by atoms with Crippen LogP contribution in [0.3, 0.4) is 0 Å². The van der Waals surface area contributed by atoms with Crippen LogP contribution in [0.15, 0.2) is 0 Å². The maximum atomic E-state index is 12.2. The Bertz CT molecular complexity index is 318. The van der Waals surface area contributed by atoms with Gasteiger partial charge in [0, 0.05) is 5.92 Å². The maximum Gasteiger partial charge on any atom is 0.305 e. The normalized spacial score (nSPS) is 23.8. The molecular weight excluding hydrogens is 232 g/mol. The number of carboxylic acid groups (broad SMARTS) is 1. The van der Waals surface area contributed by atoms with Crippen molar-refractivity contribution in [2.75, 3.05) is 13.1 Å². The predicted molar refractivity (Wildman–Crippen MR) is 67.2 cm³/mol. The molecule has 18 heavy (non-hydrogen) atoms. The predicted octanol–water partition coefficient (Wildman–Crippen LogP) is 0.890. The fourth-order valence-electron chi connectivity index (χ4n) is 3.13. The van der Waals surface area contributed by atoms with Crippen LogP contribution in [0.2, 0.25) is 0 Å². The second-order valence-electron chi connectivity index (χ2n) is 5.57. The second-order valence-corrected chi connectivity index (χ2v) is 5.57. The van der Waals surface area contributed by atoms with Crippen molar-refractivity contribution < 1.29 is 14.7 Å². The minimum Gasteiger partial charge on any atom is -0.481 e. The lowest BCUT2D eigenvalue weighted by Crippen LogP contribution is -2.51. The zero-order valence-corrected chi connectivity index (χ0v) is 10.7. The Hall–Kier alpha value is -1.10. The maximum absolute atomic E-state index is 12.2. The molecule has 2 rings (SSSR count). The molecule has 3 N–H and O–H groups in total. The van der Waals surface area contributed by atoms with Gasteiger partial charge in [0.1, 0.15) is 0 Å². The van der Waals surface area contributed by atoms with Crippen molar-refractivity contribution in [3.8, 4) is 0 Å². The van der Waals surface area contributed by atoms with Crippen LogP contribution in [0.4, 0.5) is 0 Å². The summed E-state index contributed by atoms with van der Waals surface area (Å²) in [5, 5.41) is 15.3. The number of hydrogen-bond donors (Lipinski definition) is 3. The Labute approximate surface area is 107 Å². The summed E-state index contributed by atoms with van der Waals surface area (Å²) in [6, 6.07) is 0. The molecule has 0 atom stereocenters. The van der Waals surface area contributed by atoms with Crippen molar-refractivity contribution in [3.63, 3.8) is 0 Å². The molecule has 5 nitrogen and oxygen atoms in total. The van der Waals surface area contributed by atoms with Gasteiger partial charge in [-0.25, -0.2) is 0 Å². The summed E-state index contributed by atoms with van der Waals surface area (Å²) in [6.07, 6.45) is 5.40. The summed E-state index contributed by atoms with van der Waals surface area (Å²) in [6.45, 7) is 1.76. The highest BCUT2D eigenvalue weighted by Gasteiger charge is 2.38. The van der Waals surface area contributed by atoms with Gasteiger partial charge in [-0.05, 0) is 38.8 Å². The molecule has 0 spiro atoms. The highest BCUT2D eigenvalue weighted by molar-refractivity contribution is 5.80. The third-order valence-corrected chi connectivity index (χ3v) is 4.15. The number of piperidine rings is 1. The van der Waals surface area contributed by atoms with E-state index in [1.807, 2.05) is 0 Å². The van der Waals surface area contributed by atoms with Crippen molar-refractivity contribution in [1.82, 2.24) is 10.6 Å². The van der Waals surface area contributed by atoms with Crippen LogP contribution in [0, 0.1) is 5.92 Å². The molecule has 0 aromatic rings. The van der Waals surface area contributed by atoms with Gasteiger partial charge in [0.15, 0.2) is 0 Å². The Balaban J connectivity index is 1.95. The van der Waals surface area contributed by atoms with Crippen LogP contribution < -0.4 is 10.6 Å². The third-order valence-electron chi connectivity index (χ3n) is 4.15. The van der Waals surface area contributed by atoms with E-state index in [2.05, 4.69) is 10.6 Å². The van der Waals surface area contributed by atoms with Crippen LogP contribution in [0.5, 0.6) is 0 Å². The number of carbonyl (C=O) groups excluding carboxylic acids is 1. The molecule has 1 heterocycles. The molecule has 0 radical (unpaired) electrons. The molecule has 0 unspecified atom stereocenters. The van der Waals surface area contributed by atoms with E-state index in [1.54, 1.807) is 0 Å². The van der Waals surface area contributed by atoms with Crippen LogP contribution in [-0.4, -0.2) is 35.6 Å². The van der Waals surface area contributed by atoms with Crippen LogP contribution in [0.25, 0.3) is 0 Å². The highest BCUT2D eigenvalue weighted by Crippen LogP contribution is 2.33. The standard InChI is InChI=1S/C13H22N2O3/c16-11(17)9-13(5-1-2-6-13)15-12(18)10-3-7-14-8-4-10/h10,14H,1-9H2,(H,15,18)(H,16,17). The number of carboxylic acids is 1. The average Bonchev–Trinajstić information content (AvgIpc) is 2.77. The Morgan fingerprint density at radius 2 is 1.83 bits per heavy atom. The molecule has 0 aromatic heterocycles. The van der Waals surface area contributed by atoms with Crippen molar-refractivity contribution in [2.45, 2.75) is 50.5 Å². The summed E-state index contributed by atoms with van der Waals surface area (Å²) in [5.74, 6) is -0.709. The van der Waals surface area contributed by atoms with E-state index >= 15 is 0 Å². The minimum atomic E-state index is -0.817. The van der Waals surface area contributed by atoms with Crippen molar-refractivity contribution in [3.05, 3.63) is 0 Å². The largest absolute Gasteiger partial charge is 0.481 e. The van der Waals surface area contributed by atoms with Gasteiger partial charge in [-0.1, -0.05) is 12.8 Å². The van der Waals surface area contributed by atoms with Crippen LogP contribution >= 0.6 is 0 Å². The molecule has 2 fully saturated rings. The summed E-state index contributed by atoms with van der Waals surface area (Å²) in [7, 11) is 0. The molecule has 0 aromatic carbocycles. The number of carbonyl (C=O) groups is 2. The SMILES string of the molecule is O=C(O)CC1(NC(=O)C2CCNCC2)CCCC1. The lowest BCUT2D eigenvalue weighted by molar-refractivity contribution is -0.139. The number of hydrogen-bond acceptors (Lipinski definition) is 3. The van der Waals surface area contributed by atoms with E-state index in [0.29, 0.717) is 0 Å². The van der Waals surface area contributed by atoms with E-state index in [1.165, 1.54) is 0 Å². The van der Waals surface area contributed by atoms with Crippen LogP contribution in [-0.2, 0) is 9.59 Å². The van der Waals surface area contributed by atoms with E-state index in [4.69, 9.17) is 5.11 Å². The number of nitrogens with one attached hydrogen (secondary N) is 2. The Kier molecular flexibility index (Phi) is 4.22.